The van der Waals surface area contributed by atoms with E-state index < -0.39 is 8.72 Å². The van der Waals surface area contributed by atoms with Crippen LogP contribution in [0.3, 0.4) is 0 Å². The highest BCUT2D eigenvalue weighted by Gasteiger charge is 2.50. The quantitative estimate of drug-likeness (QED) is 0.420. The molecule has 29 heavy (non-hydrogen) atoms. The van der Waals surface area contributed by atoms with Gasteiger partial charge in [-0.1, -0.05) is 27.7 Å². The topological polar surface area (TPSA) is 71.3 Å². The summed E-state index contributed by atoms with van der Waals surface area (Å²) in [4.78, 5) is 0. The van der Waals surface area contributed by atoms with Crippen molar-refractivity contribution < 1.29 is 0 Å². The zero-order valence-electron chi connectivity index (χ0n) is 17.5. The van der Waals surface area contributed by atoms with Crippen LogP contribution in [0.2, 0.25) is 0 Å². The number of hydrogen-bond acceptors (Lipinski definition) is 4. The minimum Gasteiger partial charge on any atom is -0.239 e. The summed E-state index contributed by atoms with van der Waals surface area (Å²) in [5.74, 6) is 0. The van der Waals surface area contributed by atoms with Crippen LogP contribution in [-0.2, 0) is 25.7 Å². The van der Waals surface area contributed by atoms with Crippen LogP contribution in [0.4, 0.5) is 0 Å². The second-order valence-electron chi connectivity index (χ2n) is 7.02. The summed E-state index contributed by atoms with van der Waals surface area (Å²) < 4.78 is 8.16. The lowest BCUT2D eigenvalue weighted by Crippen LogP contribution is -2.65. The van der Waals surface area contributed by atoms with Crippen LogP contribution >= 0.6 is 0 Å². The molecule has 4 heterocycles. The first-order valence-electron chi connectivity index (χ1n) is 10.4. The average molecular weight is 409 g/mol. The molecule has 0 saturated heterocycles. The van der Waals surface area contributed by atoms with Crippen LogP contribution in [0.15, 0.2) is 49.1 Å². The fourth-order valence-corrected chi connectivity index (χ4v) is 6.91. The summed E-state index contributed by atoms with van der Waals surface area (Å²) in [6.45, 7) is 8.47. The molecule has 0 amide bonds. The molecule has 0 spiro atoms. The number of aromatic nitrogens is 8. The smallest absolute Gasteiger partial charge is 0.239 e. The Bertz CT molecular complexity index is 911. The zero-order valence-corrected chi connectivity index (χ0v) is 18.5. The molecule has 152 valence electrons. The minimum atomic E-state index is -3.06. The molecule has 9 heteroatoms. The van der Waals surface area contributed by atoms with Gasteiger partial charge in [-0.05, 0) is 49.9 Å². The maximum atomic E-state index is 4.93. The Balaban J connectivity index is 2.05. The van der Waals surface area contributed by atoms with Crippen molar-refractivity contribution in [1.29, 1.82) is 0 Å². The first-order chi connectivity index (χ1) is 14.1. The Kier molecular flexibility index (Phi) is 5.23. The molecule has 4 aromatic rings. The lowest BCUT2D eigenvalue weighted by atomic mass is 10.4. The molecule has 0 bridgehead atoms. The molecule has 0 fully saturated rings. The van der Waals surface area contributed by atoms with Crippen molar-refractivity contribution in [2.45, 2.75) is 53.4 Å². The Morgan fingerprint density at radius 1 is 0.517 bits per heavy atom. The van der Waals surface area contributed by atoms with Crippen molar-refractivity contribution in [2.24, 2.45) is 0 Å². The highest BCUT2D eigenvalue weighted by atomic mass is 28.4. The van der Waals surface area contributed by atoms with Gasteiger partial charge in [-0.25, -0.2) is 17.4 Å². The first-order valence-corrected chi connectivity index (χ1v) is 12.1. The number of aryl methyl sites for hydroxylation is 4. The fraction of sp³-hybridized carbons (Fsp3) is 0.400. The molecule has 4 aromatic heterocycles. The molecule has 4 rings (SSSR count). The van der Waals surface area contributed by atoms with Gasteiger partial charge in [0.05, 0.1) is 22.8 Å². The van der Waals surface area contributed by atoms with E-state index in [-0.39, 0.29) is 0 Å². The largest absolute Gasteiger partial charge is 0.585 e. The predicted molar refractivity (Wildman–Crippen MR) is 114 cm³/mol. The second-order valence-corrected chi connectivity index (χ2v) is 10.1. The maximum absolute atomic E-state index is 4.93. The molecular weight excluding hydrogens is 380 g/mol. The monoisotopic (exact) mass is 408 g/mol. The first kappa shape index (κ1) is 19.4. The second kappa shape index (κ2) is 7.82. The van der Waals surface area contributed by atoms with Gasteiger partial charge in [0.25, 0.3) is 0 Å². The Morgan fingerprint density at radius 3 is 0.931 bits per heavy atom. The molecular formula is C20H28N8Si. The van der Waals surface area contributed by atoms with Crippen LogP contribution < -0.4 is 0 Å². The van der Waals surface area contributed by atoms with Gasteiger partial charge in [0.15, 0.2) is 0 Å². The molecule has 0 aliphatic heterocycles. The third-order valence-electron chi connectivity index (χ3n) is 5.26. The van der Waals surface area contributed by atoms with Crippen molar-refractivity contribution in [3.8, 4) is 0 Å². The van der Waals surface area contributed by atoms with E-state index in [4.69, 9.17) is 20.4 Å². The van der Waals surface area contributed by atoms with Crippen molar-refractivity contribution >= 4 is 8.72 Å². The Labute approximate surface area is 172 Å². The van der Waals surface area contributed by atoms with Crippen LogP contribution in [0.1, 0.15) is 50.5 Å². The van der Waals surface area contributed by atoms with Crippen LogP contribution in [0.5, 0.6) is 0 Å². The van der Waals surface area contributed by atoms with Crippen molar-refractivity contribution in [2.75, 3.05) is 0 Å². The number of nitrogens with zero attached hydrogens (tertiary/aromatic N) is 8. The van der Waals surface area contributed by atoms with Crippen LogP contribution in [0.25, 0.3) is 0 Å². The van der Waals surface area contributed by atoms with E-state index >= 15 is 0 Å². The van der Waals surface area contributed by atoms with E-state index in [1.165, 1.54) is 0 Å². The molecule has 0 radical (unpaired) electrons. The summed E-state index contributed by atoms with van der Waals surface area (Å²) in [5.41, 5.74) is 4.15. The third kappa shape index (κ3) is 3.15. The molecule has 0 unspecified atom stereocenters. The number of rotatable bonds is 8. The van der Waals surface area contributed by atoms with Gasteiger partial charge in [-0.15, -0.1) is 0 Å². The van der Waals surface area contributed by atoms with E-state index in [2.05, 4.69) is 52.0 Å². The van der Waals surface area contributed by atoms with Crippen molar-refractivity contribution in [3.05, 3.63) is 71.8 Å². The SMILES string of the molecule is CCc1ccn([Si](n2ccc(CC)n2)(n2ccc(CC)n2)n2ccc(CC)n2)n1. The van der Waals surface area contributed by atoms with Gasteiger partial charge in [0.1, 0.15) is 0 Å². The van der Waals surface area contributed by atoms with E-state index in [1.807, 2.05) is 42.2 Å². The van der Waals surface area contributed by atoms with E-state index in [1.54, 1.807) is 0 Å². The lowest BCUT2D eigenvalue weighted by molar-refractivity contribution is 0.640. The van der Waals surface area contributed by atoms with Gasteiger partial charge in [0, 0.05) is 24.8 Å². The minimum absolute atomic E-state index is 0.870. The summed E-state index contributed by atoms with van der Waals surface area (Å²) in [6, 6.07) is 8.28. The van der Waals surface area contributed by atoms with E-state index in [0.717, 1.165) is 48.5 Å². The summed E-state index contributed by atoms with van der Waals surface area (Å²) in [7, 11) is -3.06. The molecule has 0 atom stereocenters. The molecule has 0 aliphatic rings. The zero-order chi connectivity index (χ0) is 20.4. The summed E-state index contributed by atoms with van der Waals surface area (Å²) >= 11 is 0. The Hall–Kier alpha value is -2.94. The van der Waals surface area contributed by atoms with Crippen LogP contribution in [-0.4, -0.2) is 46.5 Å². The Morgan fingerprint density at radius 2 is 0.759 bits per heavy atom. The van der Waals surface area contributed by atoms with Crippen molar-refractivity contribution in [3.63, 3.8) is 0 Å². The summed E-state index contributed by atoms with van der Waals surface area (Å²) in [6.07, 6.45) is 11.6. The van der Waals surface area contributed by atoms with Crippen LogP contribution in [0, 0.1) is 0 Å². The standard InChI is InChI=1S/C20H28N8Si/c1-5-17-9-13-25(21-17)29(26-14-10-18(6-2)22-26,27-15-11-19(7-3)23-27)28-16-12-20(8-4)24-28/h9-16H,5-8H2,1-4H3. The summed E-state index contributed by atoms with van der Waals surface area (Å²) in [5, 5.41) is 19.7. The van der Waals surface area contributed by atoms with Gasteiger partial charge < -0.3 is 0 Å². The predicted octanol–water partition coefficient (Wildman–Crippen LogP) is 2.65. The normalized spacial score (nSPS) is 12.0. The van der Waals surface area contributed by atoms with Gasteiger partial charge in [-0.3, -0.25) is 0 Å². The molecule has 0 aliphatic carbocycles. The molecule has 0 saturated carbocycles. The van der Waals surface area contributed by atoms with E-state index in [0.29, 0.717) is 0 Å². The molecule has 8 nitrogen and oxygen atoms in total. The van der Waals surface area contributed by atoms with Gasteiger partial charge >= 0.3 is 8.72 Å². The van der Waals surface area contributed by atoms with Gasteiger partial charge in [-0.2, -0.15) is 20.4 Å². The highest BCUT2D eigenvalue weighted by molar-refractivity contribution is 6.72. The molecule has 0 N–H and O–H groups in total. The van der Waals surface area contributed by atoms with Gasteiger partial charge in [0.2, 0.25) is 0 Å². The van der Waals surface area contributed by atoms with E-state index in [9.17, 15) is 0 Å². The van der Waals surface area contributed by atoms with Crippen molar-refractivity contribution in [1.82, 2.24) is 37.8 Å². The average Bonchev–Trinajstić information content (AvgIpc) is 3.56. The number of hydrogen-bond donors (Lipinski definition) is 0. The maximum Gasteiger partial charge on any atom is 0.585 e. The third-order valence-corrected chi connectivity index (χ3v) is 8.71. The lowest BCUT2D eigenvalue weighted by Gasteiger charge is -2.30. The fourth-order valence-electron chi connectivity index (χ4n) is 3.50. The molecule has 0 aromatic carbocycles. The highest BCUT2D eigenvalue weighted by Crippen LogP contribution is 2.18.